The van der Waals surface area contributed by atoms with Crippen LogP contribution in [-0.2, 0) is 4.74 Å². The molecule has 0 heterocycles. The Morgan fingerprint density at radius 3 is 2.50 bits per heavy atom. The van der Waals surface area contributed by atoms with Crippen LogP contribution in [-0.4, -0.2) is 28.8 Å². The lowest BCUT2D eigenvalue weighted by Gasteiger charge is -2.11. The predicted molar refractivity (Wildman–Crippen MR) is 52.1 cm³/mol. The molecule has 0 aromatic heterocycles. The van der Waals surface area contributed by atoms with Crippen LogP contribution in [0.3, 0.4) is 0 Å². The van der Waals surface area contributed by atoms with Gasteiger partial charge in [-0.25, -0.2) is 4.79 Å². The first-order chi connectivity index (χ1) is 5.45. The molecule has 0 aliphatic rings. The maximum atomic E-state index is 10.7. The predicted octanol–water partition coefficient (Wildman–Crippen LogP) is 2.28. The molecule has 0 atom stereocenters. The van der Waals surface area contributed by atoms with Gasteiger partial charge in [0.05, 0.1) is 0 Å². The fraction of sp³-hybridized carbons (Fsp3) is 0.800. The zero-order valence-electron chi connectivity index (χ0n) is 5.98. The number of carbonyl (C=O) groups is 1. The Labute approximate surface area is 91.1 Å². The van der Waals surface area contributed by atoms with Crippen molar-refractivity contribution in [2.24, 2.45) is 0 Å². The monoisotopic (exact) mass is 250 g/mol. The number of alkyl halides is 3. The fourth-order valence-corrected chi connectivity index (χ4v) is 0.617. The van der Waals surface area contributed by atoms with Crippen molar-refractivity contribution in [1.82, 2.24) is 5.32 Å². The van der Waals surface area contributed by atoms with E-state index in [1.807, 2.05) is 0 Å². The second-order valence-electron chi connectivity index (χ2n) is 1.82. The second kappa shape index (κ2) is 6.02. The Morgan fingerprint density at radius 2 is 2.08 bits per heavy atom. The van der Waals surface area contributed by atoms with E-state index in [1.54, 1.807) is 0 Å². The minimum Gasteiger partial charge on any atom is -0.445 e. The number of carbonyl (C=O) groups excluding carboxylic acids is 1. The molecular weight excluding hydrogens is 244 g/mol. The summed E-state index contributed by atoms with van der Waals surface area (Å²) >= 11 is 20.5. The topological polar surface area (TPSA) is 38.3 Å². The molecule has 0 fully saturated rings. The Kier molecular flexibility index (Phi) is 6.27. The smallest absolute Gasteiger partial charge is 0.407 e. The third-order valence-electron chi connectivity index (χ3n) is 0.738. The van der Waals surface area contributed by atoms with Crippen LogP contribution in [0.15, 0.2) is 0 Å². The average Bonchev–Trinajstić information content (AvgIpc) is 1.95. The number of ether oxygens (including phenoxy) is 1. The third kappa shape index (κ3) is 8.59. The summed E-state index contributed by atoms with van der Waals surface area (Å²) in [6, 6.07) is 0. The zero-order valence-corrected chi connectivity index (χ0v) is 9.06. The van der Waals surface area contributed by atoms with Crippen molar-refractivity contribution in [3.8, 4) is 0 Å². The van der Waals surface area contributed by atoms with E-state index >= 15 is 0 Å². The van der Waals surface area contributed by atoms with Gasteiger partial charge in [-0.15, -0.1) is 0 Å². The molecule has 0 aliphatic heterocycles. The Bertz CT molecular complexity index is 150. The van der Waals surface area contributed by atoms with Gasteiger partial charge in [0.15, 0.2) is 0 Å². The molecule has 0 rings (SSSR count). The van der Waals surface area contributed by atoms with Crippen LogP contribution >= 0.6 is 47.4 Å². The van der Waals surface area contributed by atoms with Gasteiger partial charge < -0.3 is 10.1 Å². The van der Waals surface area contributed by atoms with Crippen LogP contribution in [0.4, 0.5) is 4.79 Å². The highest BCUT2D eigenvalue weighted by Gasteiger charge is 2.21. The van der Waals surface area contributed by atoms with Gasteiger partial charge >= 0.3 is 6.09 Å². The maximum Gasteiger partial charge on any atom is 0.407 e. The summed E-state index contributed by atoms with van der Waals surface area (Å²) in [7, 11) is 0. The Morgan fingerprint density at radius 1 is 1.50 bits per heavy atom. The normalized spacial score (nSPS) is 11.0. The van der Waals surface area contributed by atoms with Gasteiger partial charge in [0.1, 0.15) is 6.61 Å². The lowest BCUT2D eigenvalue weighted by atomic mass is 10.7. The van der Waals surface area contributed by atoms with Crippen LogP contribution in [0, 0.1) is 0 Å². The number of nitrogens with one attached hydrogen (secondary N) is 1. The summed E-state index contributed by atoms with van der Waals surface area (Å²) in [5.74, 6) is 0.420. The molecule has 0 aromatic rings. The van der Waals surface area contributed by atoms with Gasteiger partial charge in [-0.3, -0.25) is 0 Å². The quantitative estimate of drug-likeness (QED) is 0.782. The van der Waals surface area contributed by atoms with Crippen molar-refractivity contribution in [1.29, 1.82) is 0 Å². The molecule has 0 saturated carbocycles. The van der Waals surface area contributed by atoms with E-state index in [0.717, 1.165) is 0 Å². The lowest BCUT2D eigenvalue weighted by Crippen LogP contribution is -2.29. The number of hydrogen-bond acceptors (Lipinski definition) is 2. The van der Waals surface area contributed by atoms with Crippen molar-refractivity contribution < 1.29 is 9.53 Å². The van der Waals surface area contributed by atoms with Gasteiger partial charge in [0.25, 0.3) is 0 Å². The summed E-state index contributed by atoms with van der Waals surface area (Å²) in [5, 5.41) is 2.36. The number of hydrogen-bond donors (Lipinski definition) is 1. The molecule has 0 aromatic carbocycles. The van der Waals surface area contributed by atoms with Crippen LogP contribution in [0.25, 0.3) is 0 Å². The van der Waals surface area contributed by atoms with Crippen LogP contribution in [0.5, 0.6) is 0 Å². The second-order valence-corrected chi connectivity index (χ2v) is 4.75. The minimum atomic E-state index is -1.56. The van der Waals surface area contributed by atoms with Crippen molar-refractivity contribution in [3.05, 3.63) is 0 Å². The van der Waals surface area contributed by atoms with Gasteiger partial charge in [-0.1, -0.05) is 47.4 Å². The molecular formula is C5H7Cl3NO2S. The maximum absolute atomic E-state index is 10.7. The summed E-state index contributed by atoms with van der Waals surface area (Å²) in [4.78, 5) is 10.7. The molecule has 71 valence electrons. The van der Waals surface area contributed by atoms with Crippen LogP contribution in [0.1, 0.15) is 0 Å². The average molecular weight is 252 g/mol. The molecule has 1 N–H and O–H groups in total. The first kappa shape index (κ1) is 12.5. The largest absolute Gasteiger partial charge is 0.445 e. The Hall–Kier alpha value is 0.490. The van der Waals surface area contributed by atoms with E-state index in [1.165, 1.54) is 0 Å². The van der Waals surface area contributed by atoms with E-state index in [2.05, 4.69) is 22.7 Å². The molecule has 0 spiro atoms. The highest BCUT2D eigenvalue weighted by molar-refractivity contribution is 7.80. The van der Waals surface area contributed by atoms with Crippen LogP contribution in [0.2, 0.25) is 0 Å². The van der Waals surface area contributed by atoms with Crippen molar-refractivity contribution in [3.63, 3.8) is 0 Å². The van der Waals surface area contributed by atoms with Crippen molar-refractivity contribution >= 4 is 53.5 Å². The highest BCUT2D eigenvalue weighted by Crippen LogP contribution is 2.25. The van der Waals surface area contributed by atoms with Gasteiger partial charge in [-0.05, 0) is 0 Å². The molecule has 0 unspecified atom stereocenters. The molecule has 12 heavy (non-hydrogen) atoms. The molecule has 0 aliphatic carbocycles. The van der Waals surface area contributed by atoms with E-state index in [-0.39, 0.29) is 6.61 Å². The first-order valence-electron chi connectivity index (χ1n) is 3.01. The third-order valence-corrected chi connectivity index (χ3v) is 1.27. The van der Waals surface area contributed by atoms with E-state index in [0.29, 0.717) is 12.3 Å². The molecule has 1 radical (unpaired) electrons. The molecule has 0 bridgehead atoms. The van der Waals surface area contributed by atoms with E-state index in [4.69, 9.17) is 34.8 Å². The minimum absolute atomic E-state index is 0.277. The number of alkyl carbamates (subject to hydrolysis) is 1. The first-order valence-corrected chi connectivity index (χ1v) is 4.72. The van der Waals surface area contributed by atoms with E-state index < -0.39 is 9.89 Å². The molecule has 7 heteroatoms. The number of amides is 1. The number of halogens is 3. The highest BCUT2D eigenvalue weighted by atomic mass is 35.6. The standard InChI is InChI=1S/C5H7Cl3NO2S/c6-5(7,8)3-11-4(10)9-1-2-12/h1-3H2,(H,9,10). The fourth-order valence-electron chi connectivity index (χ4n) is 0.352. The molecule has 0 saturated heterocycles. The summed E-state index contributed by atoms with van der Waals surface area (Å²) in [6.07, 6.45) is -0.633. The molecule has 1 amide bonds. The van der Waals surface area contributed by atoms with Gasteiger partial charge in [0, 0.05) is 12.3 Å². The lowest BCUT2D eigenvalue weighted by molar-refractivity contribution is 0.149. The van der Waals surface area contributed by atoms with Gasteiger partial charge in [-0.2, -0.15) is 0 Å². The SMILES string of the molecule is O=C(NCC[S])OCC(Cl)(Cl)Cl. The summed E-state index contributed by atoms with van der Waals surface area (Å²) < 4.78 is 2.95. The van der Waals surface area contributed by atoms with Gasteiger partial charge in [0.2, 0.25) is 3.79 Å². The van der Waals surface area contributed by atoms with Crippen molar-refractivity contribution in [2.45, 2.75) is 3.79 Å². The van der Waals surface area contributed by atoms with E-state index in [9.17, 15) is 4.79 Å². The number of rotatable bonds is 3. The van der Waals surface area contributed by atoms with Crippen LogP contribution < -0.4 is 5.32 Å². The Balaban J connectivity index is 3.44. The van der Waals surface area contributed by atoms with Crippen molar-refractivity contribution in [2.75, 3.05) is 18.9 Å². The zero-order chi connectivity index (χ0) is 9.61. The summed E-state index contributed by atoms with van der Waals surface area (Å²) in [5.41, 5.74) is 0. The molecule has 3 nitrogen and oxygen atoms in total. The summed E-state index contributed by atoms with van der Waals surface area (Å²) in [6.45, 7) is 0.0922.